The first-order valence-electron chi connectivity index (χ1n) is 10.3. The van der Waals surface area contributed by atoms with Gasteiger partial charge in [0, 0.05) is 19.2 Å². The van der Waals surface area contributed by atoms with Crippen molar-refractivity contribution < 1.29 is 32.2 Å². The molecular weight excluding hydrogens is 464 g/mol. The van der Waals surface area contributed by atoms with Crippen molar-refractivity contribution in [1.82, 2.24) is 9.71 Å². The molecule has 1 fully saturated rings. The number of hydrogen-bond donors (Lipinski definition) is 1. The average molecular weight is 489 g/mol. The van der Waals surface area contributed by atoms with E-state index in [1.54, 1.807) is 18.7 Å². The molecule has 0 unspecified atom stereocenters. The van der Waals surface area contributed by atoms with Crippen molar-refractivity contribution in [2.75, 3.05) is 38.8 Å². The molecule has 0 bridgehead atoms. The van der Waals surface area contributed by atoms with E-state index in [2.05, 4.69) is 9.71 Å². The molecule has 2 aromatic rings. The number of nitrogens with one attached hydrogen (secondary N) is 1. The lowest BCUT2D eigenvalue weighted by Crippen LogP contribution is -2.55. The van der Waals surface area contributed by atoms with E-state index in [1.165, 1.54) is 38.5 Å². The van der Waals surface area contributed by atoms with Crippen LogP contribution in [0, 0.1) is 24.2 Å². The number of nitrogens with zero attached hydrogens (tertiary/aromatic N) is 3. The van der Waals surface area contributed by atoms with Crippen LogP contribution in [0.4, 0.5) is 5.82 Å². The van der Waals surface area contributed by atoms with Crippen LogP contribution in [-0.2, 0) is 19.6 Å². The highest BCUT2D eigenvalue weighted by atomic mass is 32.2. The normalized spacial score (nSPS) is 13.4. The molecule has 1 aliphatic rings. The Morgan fingerprint density at radius 3 is 2.47 bits per heavy atom. The number of carbonyl (C=O) groups is 2. The van der Waals surface area contributed by atoms with Crippen LogP contribution in [0.2, 0.25) is 0 Å². The monoisotopic (exact) mass is 488 g/mol. The minimum Gasteiger partial charge on any atom is -0.493 e. The predicted octanol–water partition coefficient (Wildman–Crippen LogP) is 1.40. The highest BCUT2D eigenvalue weighted by Crippen LogP contribution is 2.31. The summed E-state index contributed by atoms with van der Waals surface area (Å²) in [6.45, 7) is 3.81. The number of nitriles is 1. The van der Waals surface area contributed by atoms with E-state index in [-0.39, 0.29) is 41.5 Å². The molecule has 1 aromatic heterocycles. The second kappa shape index (κ2) is 9.96. The molecule has 180 valence electrons. The van der Waals surface area contributed by atoms with E-state index < -0.39 is 27.8 Å². The number of benzene rings is 1. The first kappa shape index (κ1) is 24.8. The molecular formula is C22H24N4O7S. The topological polar surface area (TPSA) is 148 Å². The molecule has 11 nitrogen and oxygen atoms in total. The number of ether oxygens (including phenoxy) is 3. The second-order valence-electron chi connectivity index (χ2n) is 7.41. The van der Waals surface area contributed by atoms with Crippen molar-refractivity contribution in [3.8, 4) is 17.6 Å². The minimum atomic E-state index is -4.13. The molecule has 3 rings (SSSR count). The van der Waals surface area contributed by atoms with Gasteiger partial charge in [0.1, 0.15) is 11.9 Å². The van der Waals surface area contributed by atoms with E-state index >= 15 is 0 Å². The van der Waals surface area contributed by atoms with Gasteiger partial charge in [-0.2, -0.15) is 5.26 Å². The Balaban J connectivity index is 1.71. The van der Waals surface area contributed by atoms with E-state index in [4.69, 9.17) is 14.2 Å². The van der Waals surface area contributed by atoms with Crippen molar-refractivity contribution >= 4 is 27.7 Å². The first-order valence-corrected chi connectivity index (χ1v) is 11.8. The Morgan fingerprint density at radius 1 is 1.21 bits per heavy atom. The zero-order chi connectivity index (χ0) is 25.0. The van der Waals surface area contributed by atoms with Gasteiger partial charge in [0.25, 0.3) is 10.0 Å². The van der Waals surface area contributed by atoms with Crippen molar-refractivity contribution in [2.24, 2.45) is 5.92 Å². The number of aromatic nitrogens is 1. The predicted molar refractivity (Wildman–Crippen MR) is 120 cm³/mol. The fourth-order valence-corrected chi connectivity index (χ4v) is 4.47. The Morgan fingerprint density at radius 2 is 1.88 bits per heavy atom. The maximum absolute atomic E-state index is 12.7. The molecule has 0 atom stereocenters. The van der Waals surface area contributed by atoms with Crippen LogP contribution in [0.1, 0.15) is 28.5 Å². The number of anilines is 1. The maximum atomic E-state index is 12.7. The Bertz CT molecular complexity index is 1260. The van der Waals surface area contributed by atoms with Crippen LogP contribution in [0.15, 0.2) is 29.2 Å². The van der Waals surface area contributed by atoms with Crippen LogP contribution < -0.4 is 19.1 Å². The summed E-state index contributed by atoms with van der Waals surface area (Å²) < 4.78 is 42.6. The van der Waals surface area contributed by atoms with E-state index in [1.807, 2.05) is 6.07 Å². The summed E-state index contributed by atoms with van der Waals surface area (Å²) in [5, 5.41) is 9.50. The second-order valence-corrected chi connectivity index (χ2v) is 9.10. The molecule has 0 saturated carbocycles. The van der Waals surface area contributed by atoms with E-state index in [9.17, 15) is 23.3 Å². The number of amides is 1. The van der Waals surface area contributed by atoms with Crippen LogP contribution >= 0.6 is 0 Å². The van der Waals surface area contributed by atoms with Gasteiger partial charge in [-0.3, -0.25) is 4.79 Å². The average Bonchev–Trinajstić information content (AvgIpc) is 2.77. The van der Waals surface area contributed by atoms with Crippen LogP contribution in [-0.4, -0.2) is 59.2 Å². The third kappa shape index (κ3) is 4.89. The smallest absolute Gasteiger partial charge is 0.340 e. The molecule has 12 heteroatoms. The summed E-state index contributed by atoms with van der Waals surface area (Å²) in [6.07, 6.45) is 0. The van der Waals surface area contributed by atoms with Gasteiger partial charge in [-0.15, -0.1) is 0 Å². The Kier molecular flexibility index (Phi) is 7.26. The lowest BCUT2D eigenvalue weighted by molar-refractivity contribution is -0.123. The van der Waals surface area contributed by atoms with Crippen molar-refractivity contribution in [2.45, 2.75) is 18.7 Å². The number of rotatable bonds is 8. The number of hydrogen-bond acceptors (Lipinski definition) is 10. The number of sulfonamides is 1. The summed E-state index contributed by atoms with van der Waals surface area (Å²) in [5.41, 5.74) is 0.736. The quantitative estimate of drug-likeness (QED) is 0.541. The molecule has 1 N–H and O–H groups in total. The molecule has 0 aliphatic carbocycles. The summed E-state index contributed by atoms with van der Waals surface area (Å²) in [4.78, 5) is 30.5. The molecule has 1 saturated heterocycles. The number of aryl methyl sites for hydroxylation is 1. The summed E-state index contributed by atoms with van der Waals surface area (Å²) in [5.74, 6) is -0.994. The Hall–Kier alpha value is -3.85. The fourth-order valence-electron chi connectivity index (χ4n) is 3.41. The van der Waals surface area contributed by atoms with Crippen LogP contribution in [0.5, 0.6) is 11.5 Å². The minimum absolute atomic E-state index is 0.145. The third-order valence-corrected chi connectivity index (χ3v) is 6.61. The summed E-state index contributed by atoms with van der Waals surface area (Å²) in [6, 6.07) is 7.41. The van der Waals surface area contributed by atoms with Crippen molar-refractivity contribution in [3.63, 3.8) is 0 Å². The highest BCUT2D eigenvalue weighted by molar-refractivity contribution is 7.90. The third-order valence-electron chi connectivity index (χ3n) is 5.26. The van der Waals surface area contributed by atoms with Gasteiger partial charge < -0.3 is 19.1 Å². The zero-order valence-corrected chi connectivity index (χ0v) is 19.9. The maximum Gasteiger partial charge on any atom is 0.340 e. The molecule has 2 heterocycles. The zero-order valence-electron chi connectivity index (χ0n) is 19.1. The van der Waals surface area contributed by atoms with Gasteiger partial charge >= 0.3 is 5.97 Å². The number of methoxy groups -OCH3 is 2. The highest BCUT2D eigenvalue weighted by Gasteiger charge is 2.37. The molecule has 1 amide bonds. The molecule has 0 radical (unpaired) electrons. The lowest BCUT2D eigenvalue weighted by atomic mass is 9.98. The van der Waals surface area contributed by atoms with Crippen LogP contribution in [0.25, 0.3) is 0 Å². The molecule has 1 aromatic carbocycles. The summed E-state index contributed by atoms with van der Waals surface area (Å²) >= 11 is 0. The molecule has 1 aliphatic heterocycles. The van der Waals surface area contributed by atoms with Crippen LogP contribution in [0.3, 0.4) is 0 Å². The standard InChI is InChI=1S/C22H24N4O7S/c1-5-33-22(28)17-8-14(10-23)20(24-13(17)2)26-11-15(12-26)21(27)25-34(29,30)16-6-7-18(31-3)19(9-16)32-4/h6-9,15H,5,11-12H2,1-4H3,(H,25,27). The van der Waals surface area contributed by atoms with E-state index in [0.717, 1.165) is 0 Å². The van der Waals surface area contributed by atoms with Gasteiger partial charge in [-0.25, -0.2) is 22.9 Å². The van der Waals surface area contributed by atoms with Crippen molar-refractivity contribution in [1.29, 1.82) is 5.26 Å². The van der Waals surface area contributed by atoms with Crippen molar-refractivity contribution in [3.05, 3.63) is 41.1 Å². The Labute approximate surface area is 197 Å². The first-order chi connectivity index (χ1) is 16.1. The largest absolute Gasteiger partial charge is 0.493 e. The number of carbonyl (C=O) groups excluding carboxylic acids is 2. The molecule has 0 spiro atoms. The van der Waals surface area contributed by atoms with Gasteiger partial charge in [-0.05, 0) is 32.0 Å². The summed E-state index contributed by atoms with van der Waals surface area (Å²) in [7, 11) is -1.33. The molecule has 34 heavy (non-hydrogen) atoms. The van der Waals surface area contributed by atoms with Gasteiger partial charge in [-0.1, -0.05) is 0 Å². The van der Waals surface area contributed by atoms with E-state index in [0.29, 0.717) is 17.3 Å². The fraction of sp³-hybridized carbons (Fsp3) is 0.364. The SMILES string of the molecule is CCOC(=O)c1cc(C#N)c(N2CC(C(=O)NS(=O)(=O)c3ccc(OC)c(OC)c3)C2)nc1C. The lowest BCUT2D eigenvalue weighted by Gasteiger charge is -2.39. The number of pyridine rings is 1. The van der Waals surface area contributed by atoms with Gasteiger partial charge in [0.15, 0.2) is 11.5 Å². The van der Waals surface area contributed by atoms with Gasteiger partial charge in [0.2, 0.25) is 5.91 Å². The number of esters is 1. The van der Waals surface area contributed by atoms with Gasteiger partial charge in [0.05, 0.1) is 48.5 Å².